The highest BCUT2D eigenvalue weighted by molar-refractivity contribution is 9.10. The Balaban J connectivity index is 1.59. The van der Waals surface area contributed by atoms with Crippen molar-refractivity contribution in [1.29, 1.82) is 0 Å². The molecule has 3 nitrogen and oxygen atoms in total. The summed E-state index contributed by atoms with van der Waals surface area (Å²) >= 11 is 3.99. The first-order valence-corrected chi connectivity index (χ1v) is 7.40. The van der Waals surface area contributed by atoms with Gasteiger partial charge in [0, 0.05) is 11.3 Å². The maximum absolute atomic E-state index is 12.0. The van der Waals surface area contributed by atoms with Crippen LogP contribution in [0.4, 0.5) is 0 Å². The number of carbonyl (C=O) groups is 1. The topological polar surface area (TPSA) is 35.5 Å². The van der Waals surface area contributed by atoms with Gasteiger partial charge in [-0.15, -0.1) is 0 Å². The van der Waals surface area contributed by atoms with Crippen LogP contribution in [0.15, 0.2) is 0 Å². The SMILES string of the molecule is CC(=O)C12C3C4C1C1C2C3C1(Br)C41OCCO1. The van der Waals surface area contributed by atoms with Crippen LogP contribution < -0.4 is 0 Å². The summed E-state index contributed by atoms with van der Waals surface area (Å²) in [6.45, 7) is 3.24. The molecule has 1 heterocycles. The Morgan fingerprint density at radius 1 is 1.06 bits per heavy atom. The van der Waals surface area contributed by atoms with Gasteiger partial charge in [0.05, 0.1) is 17.5 Å². The molecule has 7 rings (SSSR count). The molecule has 0 radical (unpaired) electrons. The number of hydrogen-bond acceptors (Lipinski definition) is 3. The Morgan fingerprint density at radius 2 is 1.59 bits per heavy atom. The van der Waals surface area contributed by atoms with Crippen LogP contribution in [0, 0.1) is 40.9 Å². The molecule has 17 heavy (non-hydrogen) atoms. The largest absolute Gasteiger partial charge is 0.346 e. The maximum Gasteiger partial charge on any atom is 0.187 e. The van der Waals surface area contributed by atoms with Gasteiger partial charge in [0.25, 0.3) is 0 Å². The van der Waals surface area contributed by atoms with Gasteiger partial charge in [0.1, 0.15) is 5.78 Å². The van der Waals surface area contributed by atoms with E-state index in [1.165, 1.54) is 0 Å². The van der Waals surface area contributed by atoms with Crippen molar-refractivity contribution < 1.29 is 14.3 Å². The van der Waals surface area contributed by atoms with Crippen molar-refractivity contribution in [3.8, 4) is 0 Å². The number of ether oxygens (including phenoxy) is 2. The Labute approximate surface area is 107 Å². The third kappa shape index (κ3) is 0.450. The van der Waals surface area contributed by atoms with E-state index in [2.05, 4.69) is 15.9 Å². The molecule has 6 saturated carbocycles. The molecule has 4 atom stereocenters. The van der Waals surface area contributed by atoms with E-state index in [-0.39, 0.29) is 15.5 Å². The monoisotopic (exact) mass is 296 g/mol. The van der Waals surface area contributed by atoms with E-state index in [1.54, 1.807) is 6.92 Å². The average Bonchev–Trinajstić information content (AvgIpc) is 2.78. The molecule has 4 heteroatoms. The van der Waals surface area contributed by atoms with Gasteiger partial charge >= 0.3 is 0 Å². The Hall–Kier alpha value is 0.0700. The molecule has 2 bridgehead atoms. The van der Waals surface area contributed by atoms with Crippen LogP contribution in [-0.4, -0.2) is 29.1 Å². The maximum atomic E-state index is 12.0. The van der Waals surface area contributed by atoms with Crippen molar-refractivity contribution in [2.24, 2.45) is 40.9 Å². The second-order valence-corrected chi connectivity index (χ2v) is 8.09. The number of halogens is 1. The van der Waals surface area contributed by atoms with Crippen LogP contribution in [-0.2, 0) is 14.3 Å². The quantitative estimate of drug-likeness (QED) is 0.682. The van der Waals surface area contributed by atoms with Crippen molar-refractivity contribution in [2.75, 3.05) is 13.2 Å². The van der Waals surface area contributed by atoms with E-state index in [0.29, 0.717) is 41.3 Å². The molecular weight excluding hydrogens is 284 g/mol. The van der Waals surface area contributed by atoms with E-state index in [0.717, 1.165) is 13.2 Å². The normalized spacial score (nSPS) is 73.5. The first kappa shape index (κ1) is 9.05. The minimum absolute atomic E-state index is 0.0678. The fraction of sp³-hybridized carbons (Fsp3) is 0.923. The van der Waals surface area contributed by atoms with E-state index < -0.39 is 0 Å². The predicted molar refractivity (Wildman–Crippen MR) is 60.3 cm³/mol. The summed E-state index contributed by atoms with van der Waals surface area (Å²) in [7, 11) is 0. The highest BCUT2D eigenvalue weighted by atomic mass is 79.9. The Kier molecular flexibility index (Phi) is 1.05. The van der Waals surface area contributed by atoms with Gasteiger partial charge < -0.3 is 9.47 Å². The summed E-state index contributed by atoms with van der Waals surface area (Å²) in [6.07, 6.45) is 0. The van der Waals surface area contributed by atoms with E-state index >= 15 is 0 Å². The van der Waals surface area contributed by atoms with E-state index in [9.17, 15) is 4.79 Å². The van der Waals surface area contributed by atoms with Crippen LogP contribution in [0.2, 0.25) is 0 Å². The lowest BCUT2D eigenvalue weighted by Crippen LogP contribution is -2.93. The zero-order chi connectivity index (χ0) is 11.4. The molecule has 7 aliphatic rings. The van der Waals surface area contributed by atoms with Crippen LogP contribution in [0.1, 0.15) is 6.92 Å². The molecule has 0 N–H and O–H groups in total. The molecule has 1 spiro atoms. The fourth-order valence-corrected chi connectivity index (χ4v) is 8.95. The van der Waals surface area contributed by atoms with Gasteiger partial charge in [-0.2, -0.15) is 0 Å². The third-order valence-electron chi connectivity index (χ3n) is 7.25. The summed E-state index contributed by atoms with van der Waals surface area (Å²) in [5.41, 5.74) is 0.0794. The second kappa shape index (κ2) is 1.97. The molecule has 7 fully saturated rings. The highest BCUT2D eigenvalue weighted by Gasteiger charge is 3.09. The summed E-state index contributed by atoms with van der Waals surface area (Å²) in [5, 5.41) is 0. The van der Waals surface area contributed by atoms with Crippen molar-refractivity contribution in [3.05, 3.63) is 0 Å². The third-order valence-corrected chi connectivity index (χ3v) is 8.86. The van der Waals surface area contributed by atoms with Crippen molar-refractivity contribution in [1.82, 2.24) is 0 Å². The Morgan fingerprint density at radius 3 is 2.12 bits per heavy atom. The van der Waals surface area contributed by atoms with Gasteiger partial charge in [-0.3, -0.25) is 4.79 Å². The van der Waals surface area contributed by atoms with Crippen LogP contribution in [0.25, 0.3) is 0 Å². The number of rotatable bonds is 1. The lowest BCUT2D eigenvalue weighted by Gasteiger charge is -2.90. The molecule has 0 amide bonds. The number of ketones is 1. The molecule has 6 aliphatic carbocycles. The lowest BCUT2D eigenvalue weighted by molar-refractivity contribution is -0.414. The van der Waals surface area contributed by atoms with E-state index in [1.807, 2.05) is 0 Å². The molecule has 0 aromatic rings. The van der Waals surface area contributed by atoms with Crippen molar-refractivity contribution in [2.45, 2.75) is 17.0 Å². The van der Waals surface area contributed by atoms with Crippen molar-refractivity contribution in [3.63, 3.8) is 0 Å². The van der Waals surface area contributed by atoms with Gasteiger partial charge in [0.2, 0.25) is 0 Å². The van der Waals surface area contributed by atoms with Gasteiger partial charge in [-0.05, 0) is 36.5 Å². The summed E-state index contributed by atoms with van der Waals surface area (Å²) < 4.78 is 12.2. The minimum atomic E-state index is -0.358. The number of hydrogen-bond donors (Lipinski definition) is 0. The predicted octanol–water partition coefficient (Wildman–Crippen LogP) is 1.20. The number of alkyl halides is 1. The second-order valence-electron chi connectivity index (χ2n) is 6.78. The fourth-order valence-electron chi connectivity index (χ4n) is 7.32. The number of Topliss-reactive ketones (excluding diaryl/α,β-unsaturated/α-hetero) is 1. The van der Waals surface area contributed by atoms with Crippen LogP contribution in [0.3, 0.4) is 0 Å². The summed E-state index contributed by atoms with van der Waals surface area (Å²) in [4.78, 5) is 12.0. The van der Waals surface area contributed by atoms with Gasteiger partial charge in [-0.25, -0.2) is 0 Å². The zero-order valence-electron chi connectivity index (χ0n) is 9.48. The molecule has 4 unspecified atom stereocenters. The molecule has 1 aliphatic heterocycles. The van der Waals surface area contributed by atoms with Crippen molar-refractivity contribution >= 4 is 21.7 Å². The smallest absolute Gasteiger partial charge is 0.187 e. The molecular formula is C13H13BrO3. The molecule has 0 aromatic carbocycles. The zero-order valence-corrected chi connectivity index (χ0v) is 11.1. The van der Waals surface area contributed by atoms with E-state index in [4.69, 9.17) is 9.47 Å². The standard InChI is InChI=1S/C13H13BrO3/c1-4(15)11-5-8-6(11)10-7(11)9(5)12(8,14)13(10)16-2-3-17-13/h5-10H,2-3H2,1H3. The average molecular weight is 297 g/mol. The molecule has 0 aromatic heterocycles. The van der Waals surface area contributed by atoms with Gasteiger partial charge in [-0.1, -0.05) is 15.9 Å². The first-order chi connectivity index (χ1) is 8.13. The summed E-state index contributed by atoms with van der Waals surface area (Å²) in [6, 6.07) is 0. The minimum Gasteiger partial charge on any atom is -0.346 e. The Bertz CT molecular complexity index is 489. The van der Waals surface area contributed by atoms with Crippen LogP contribution in [0.5, 0.6) is 0 Å². The lowest BCUT2D eigenvalue weighted by atomic mass is 9.12. The highest BCUT2D eigenvalue weighted by Crippen LogP contribution is 3.04. The molecule has 1 saturated heterocycles. The summed E-state index contributed by atoms with van der Waals surface area (Å²) in [5.74, 6) is 3.70. The molecule has 90 valence electrons. The first-order valence-electron chi connectivity index (χ1n) is 6.61. The van der Waals surface area contributed by atoms with Gasteiger partial charge in [0.15, 0.2) is 5.79 Å². The van der Waals surface area contributed by atoms with Crippen LogP contribution >= 0.6 is 15.9 Å². The number of carbonyl (C=O) groups excluding carboxylic acids is 1.